The highest BCUT2D eigenvalue weighted by molar-refractivity contribution is 5.75. The van der Waals surface area contributed by atoms with Gasteiger partial charge in [-0.1, -0.05) is 48.2 Å². The van der Waals surface area contributed by atoms with Gasteiger partial charge in [0.05, 0.1) is 6.54 Å². The molecule has 2 aromatic carbocycles. The van der Waals surface area contributed by atoms with Crippen molar-refractivity contribution in [1.29, 1.82) is 0 Å². The van der Waals surface area contributed by atoms with Gasteiger partial charge in [-0.25, -0.2) is 4.98 Å². The van der Waals surface area contributed by atoms with E-state index in [0.717, 1.165) is 16.6 Å². The zero-order valence-electron chi connectivity index (χ0n) is 14.5. The van der Waals surface area contributed by atoms with Crippen molar-refractivity contribution in [2.75, 3.05) is 5.32 Å². The molecule has 5 nitrogen and oxygen atoms in total. The highest BCUT2D eigenvalue weighted by atomic mass is 16.1. The molecular weight excluding hydrogens is 336 g/mol. The van der Waals surface area contributed by atoms with Crippen molar-refractivity contribution < 1.29 is 0 Å². The number of nitrogens with zero attached hydrogens (tertiary/aromatic N) is 3. The summed E-state index contributed by atoms with van der Waals surface area (Å²) in [6, 6.07) is 22.6. The second-order valence-corrected chi connectivity index (χ2v) is 5.89. The minimum absolute atomic E-state index is 0.144. The van der Waals surface area contributed by atoms with E-state index in [1.54, 1.807) is 16.8 Å². The smallest absolute Gasteiger partial charge is 0.253 e. The maximum absolute atomic E-state index is 12.4. The molecule has 0 atom stereocenters. The number of aromatic nitrogens is 3. The van der Waals surface area contributed by atoms with Crippen LogP contribution in [0.1, 0.15) is 5.56 Å². The zero-order chi connectivity index (χ0) is 18.5. The Morgan fingerprint density at radius 3 is 2.44 bits per heavy atom. The molecular formula is C22H16N4O. The molecule has 4 aromatic rings. The van der Waals surface area contributed by atoms with Gasteiger partial charge in [0.1, 0.15) is 5.65 Å². The Balaban J connectivity index is 1.69. The van der Waals surface area contributed by atoms with Crippen LogP contribution in [-0.2, 0) is 6.54 Å². The standard InChI is InChI=1S/C22H16N4O/c27-20-14-13-18-16-23-22(24-19-11-5-2-6-12-19)25-21(18)26(20)15-7-10-17-8-3-1-4-9-17/h1-6,8-9,11-14,16H,15H2,(H,23,24,25). The molecule has 0 aliphatic heterocycles. The first-order valence-corrected chi connectivity index (χ1v) is 8.52. The van der Waals surface area contributed by atoms with Gasteiger partial charge in [-0.3, -0.25) is 9.36 Å². The summed E-state index contributed by atoms with van der Waals surface area (Å²) >= 11 is 0. The summed E-state index contributed by atoms with van der Waals surface area (Å²) in [6.07, 6.45) is 1.70. The van der Waals surface area contributed by atoms with Crippen molar-refractivity contribution in [2.24, 2.45) is 0 Å². The number of benzene rings is 2. The first-order chi connectivity index (χ1) is 13.3. The minimum Gasteiger partial charge on any atom is -0.324 e. The van der Waals surface area contributed by atoms with Gasteiger partial charge in [0.25, 0.3) is 5.56 Å². The average molecular weight is 352 g/mol. The number of hydrogen-bond acceptors (Lipinski definition) is 4. The van der Waals surface area contributed by atoms with Crippen molar-refractivity contribution in [3.05, 3.63) is 94.9 Å². The Labute approximate surface area is 156 Å². The molecule has 0 fully saturated rings. The molecule has 5 heteroatoms. The Hall–Kier alpha value is -3.91. The molecule has 0 aliphatic rings. The van der Waals surface area contributed by atoms with E-state index in [0.29, 0.717) is 11.6 Å². The third-order valence-corrected chi connectivity index (χ3v) is 4.00. The van der Waals surface area contributed by atoms with E-state index in [1.807, 2.05) is 60.7 Å². The van der Waals surface area contributed by atoms with E-state index in [2.05, 4.69) is 27.1 Å². The van der Waals surface area contributed by atoms with Crippen molar-refractivity contribution in [3.8, 4) is 11.8 Å². The SMILES string of the molecule is O=c1ccc2cnc(Nc3ccccc3)nc2n1CC#Cc1ccccc1. The van der Waals surface area contributed by atoms with Gasteiger partial charge < -0.3 is 5.32 Å². The summed E-state index contributed by atoms with van der Waals surface area (Å²) in [4.78, 5) is 21.2. The van der Waals surface area contributed by atoms with Crippen LogP contribution < -0.4 is 10.9 Å². The van der Waals surface area contributed by atoms with Gasteiger partial charge in [-0.15, -0.1) is 0 Å². The van der Waals surface area contributed by atoms with Gasteiger partial charge in [-0.05, 0) is 30.3 Å². The summed E-state index contributed by atoms with van der Waals surface area (Å²) < 4.78 is 1.56. The van der Waals surface area contributed by atoms with Crippen LogP contribution in [0.5, 0.6) is 0 Å². The fraction of sp³-hybridized carbons (Fsp3) is 0.0455. The monoisotopic (exact) mass is 352 g/mol. The zero-order valence-corrected chi connectivity index (χ0v) is 14.5. The lowest BCUT2D eigenvalue weighted by atomic mass is 10.2. The molecule has 0 saturated heterocycles. The van der Waals surface area contributed by atoms with Gasteiger partial charge in [0, 0.05) is 28.9 Å². The predicted molar refractivity (Wildman–Crippen MR) is 107 cm³/mol. The van der Waals surface area contributed by atoms with Crippen molar-refractivity contribution in [3.63, 3.8) is 0 Å². The number of hydrogen-bond donors (Lipinski definition) is 1. The van der Waals surface area contributed by atoms with Gasteiger partial charge in [0.2, 0.25) is 5.95 Å². The second kappa shape index (κ2) is 7.54. The lowest BCUT2D eigenvalue weighted by Crippen LogP contribution is -2.20. The Kier molecular flexibility index (Phi) is 4.62. The van der Waals surface area contributed by atoms with Crippen molar-refractivity contribution in [2.45, 2.75) is 6.54 Å². The second-order valence-electron chi connectivity index (χ2n) is 5.89. The van der Waals surface area contributed by atoms with E-state index in [1.165, 1.54) is 6.07 Å². The summed E-state index contributed by atoms with van der Waals surface area (Å²) in [7, 11) is 0. The van der Waals surface area contributed by atoms with Crippen molar-refractivity contribution in [1.82, 2.24) is 14.5 Å². The Morgan fingerprint density at radius 2 is 1.67 bits per heavy atom. The molecule has 1 N–H and O–H groups in total. The highest BCUT2D eigenvalue weighted by Crippen LogP contribution is 2.15. The van der Waals surface area contributed by atoms with Crippen molar-refractivity contribution >= 4 is 22.7 Å². The van der Waals surface area contributed by atoms with Crippen LogP contribution in [0.2, 0.25) is 0 Å². The minimum atomic E-state index is -0.144. The average Bonchev–Trinajstić information content (AvgIpc) is 2.71. The predicted octanol–water partition coefficient (Wildman–Crippen LogP) is 3.59. The van der Waals surface area contributed by atoms with Gasteiger partial charge >= 0.3 is 0 Å². The fourth-order valence-electron chi connectivity index (χ4n) is 2.68. The highest BCUT2D eigenvalue weighted by Gasteiger charge is 2.06. The van der Waals surface area contributed by atoms with Crippen LogP contribution in [0.15, 0.2) is 83.8 Å². The largest absolute Gasteiger partial charge is 0.324 e. The summed E-state index contributed by atoms with van der Waals surface area (Å²) in [5, 5.41) is 3.94. The summed E-state index contributed by atoms with van der Waals surface area (Å²) in [5.41, 5.74) is 2.20. The fourth-order valence-corrected chi connectivity index (χ4v) is 2.68. The van der Waals surface area contributed by atoms with Crippen LogP contribution in [0.3, 0.4) is 0 Å². The summed E-state index contributed by atoms with van der Waals surface area (Å²) in [6.45, 7) is 0.257. The lowest BCUT2D eigenvalue weighted by Gasteiger charge is -2.08. The number of pyridine rings is 1. The van der Waals surface area contributed by atoms with E-state index >= 15 is 0 Å². The first kappa shape index (κ1) is 16.6. The van der Waals surface area contributed by atoms with Crippen LogP contribution >= 0.6 is 0 Å². The number of fused-ring (bicyclic) bond motifs is 1. The van der Waals surface area contributed by atoms with E-state index in [-0.39, 0.29) is 12.1 Å². The molecule has 0 spiro atoms. The third-order valence-electron chi connectivity index (χ3n) is 4.00. The Morgan fingerprint density at radius 1 is 0.926 bits per heavy atom. The number of nitrogens with one attached hydrogen (secondary N) is 1. The Bertz CT molecular complexity index is 1190. The molecule has 0 unspecified atom stereocenters. The van der Waals surface area contributed by atoms with E-state index in [4.69, 9.17) is 0 Å². The van der Waals surface area contributed by atoms with Crippen LogP contribution in [0.4, 0.5) is 11.6 Å². The topological polar surface area (TPSA) is 59.8 Å². The molecule has 0 aliphatic carbocycles. The summed E-state index contributed by atoms with van der Waals surface area (Å²) in [5.74, 6) is 6.56. The first-order valence-electron chi connectivity index (χ1n) is 8.52. The van der Waals surface area contributed by atoms with E-state index < -0.39 is 0 Å². The molecule has 2 aromatic heterocycles. The molecule has 0 bridgehead atoms. The third kappa shape index (κ3) is 3.86. The van der Waals surface area contributed by atoms with Crippen LogP contribution in [0.25, 0.3) is 11.0 Å². The van der Waals surface area contributed by atoms with E-state index in [9.17, 15) is 4.79 Å². The number of anilines is 2. The lowest BCUT2D eigenvalue weighted by molar-refractivity contribution is 0.820. The number of para-hydroxylation sites is 1. The molecule has 2 heterocycles. The maximum Gasteiger partial charge on any atom is 0.253 e. The normalized spacial score (nSPS) is 10.2. The van der Waals surface area contributed by atoms with Gasteiger partial charge in [0.15, 0.2) is 0 Å². The van der Waals surface area contributed by atoms with Crippen LogP contribution in [0, 0.1) is 11.8 Å². The van der Waals surface area contributed by atoms with Gasteiger partial charge in [-0.2, -0.15) is 4.98 Å². The molecule has 0 amide bonds. The maximum atomic E-state index is 12.4. The number of rotatable bonds is 3. The molecule has 27 heavy (non-hydrogen) atoms. The molecule has 4 rings (SSSR count). The molecule has 130 valence electrons. The molecule has 0 radical (unpaired) electrons. The van der Waals surface area contributed by atoms with Crippen LogP contribution in [-0.4, -0.2) is 14.5 Å². The quantitative estimate of drug-likeness (QED) is 0.573. The molecule has 0 saturated carbocycles.